The van der Waals surface area contributed by atoms with E-state index < -0.39 is 59.6 Å². The van der Waals surface area contributed by atoms with Crippen molar-refractivity contribution in [1.29, 1.82) is 0 Å². The zero-order chi connectivity index (χ0) is 34.5. The van der Waals surface area contributed by atoms with E-state index in [9.17, 15) is 24.3 Å². The molecule has 258 valence electrons. The Kier molecular flexibility index (Phi) is 12.4. The van der Waals surface area contributed by atoms with Gasteiger partial charge in [0.25, 0.3) is 0 Å². The fraction of sp³-hybridized carbons (Fsp3) is 0.600. The van der Waals surface area contributed by atoms with E-state index >= 15 is 0 Å². The van der Waals surface area contributed by atoms with Crippen LogP contribution in [-0.2, 0) is 33.4 Å². The number of hydrogen-bond donors (Lipinski definition) is 2. The molecule has 1 aromatic carbocycles. The summed E-state index contributed by atoms with van der Waals surface area (Å²) in [5, 5.41) is 13.3. The first-order chi connectivity index (χ1) is 22.5. The summed E-state index contributed by atoms with van der Waals surface area (Å²) < 4.78 is 18.4. The number of aliphatic hydroxyl groups is 1. The number of esters is 1. The van der Waals surface area contributed by atoms with Crippen molar-refractivity contribution in [1.82, 2.24) is 15.1 Å². The zero-order valence-electron chi connectivity index (χ0n) is 27.7. The molecule has 1 aromatic rings. The molecule has 9 atom stereocenters. The van der Waals surface area contributed by atoms with Gasteiger partial charge in [-0.05, 0) is 38.7 Å². The molecule has 2 N–H and O–H groups in total. The largest absolute Gasteiger partial charge is 0.455 e. The summed E-state index contributed by atoms with van der Waals surface area (Å²) in [6.45, 7) is 13.1. The van der Waals surface area contributed by atoms with E-state index in [0.717, 1.165) is 0 Å². The number of allylic oxidation sites excluding steroid dienone is 1. The first-order valence-corrected chi connectivity index (χ1v) is 17.2. The van der Waals surface area contributed by atoms with Crippen LogP contribution in [0.5, 0.6) is 0 Å². The topological polar surface area (TPSA) is 135 Å². The Morgan fingerprint density at radius 3 is 2.51 bits per heavy atom. The molecule has 12 heteroatoms. The molecular weight excluding hydrogens is 670 g/mol. The van der Waals surface area contributed by atoms with E-state index in [2.05, 4.69) is 34.4 Å². The number of halogens is 1. The monoisotopic (exact) mass is 717 g/mol. The van der Waals surface area contributed by atoms with Crippen molar-refractivity contribution in [2.24, 2.45) is 11.8 Å². The van der Waals surface area contributed by atoms with Crippen LogP contribution < -0.4 is 5.32 Å². The third-order valence-corrected chi connectivity index (χ3v) is 10.4. The quantitative estimate of drug-likeness (QED) is 0.143. The Bertz CT molecular complexity index is 1310. The first-order valence-electron chi connectivity index (χ1n) is 16.3. The van der Waals surface area contributed by atoms with Crippen molar-refractivity contribution in [3.8, 4) is 0 Å². The third-order valence-electron chi connectivity index (χ3n) is 9.55. The number of aliphatic hydroxyl groups excluding tert-OH is 1. The van der Waals surface area contributed by atoms with Crippen LogP contribution in [0, 0.1) is 11.8 Å². The van der Waals surface area contributed by atoms with E-state index in [-0.39, 0.29) is 48.9 Å². The molecule has 0 aliphatic carbocycles. The molecule has 4 rings (SSSR count). The van der Waals surface area contributed by atoms with Gasteiger partial charge in [-0.25, -0.2) is 0 Å². The van der Waals surface area contributed by atoms with Gasteiger partial charge in [-0.2, -0.15) is 0 Å². The predicted octanol–water partition coefficient (Wildman–Crippen LogP) is 3.31. The lowest BCUT2D eigenvalue weighted by Gasteiger charge is -2.40. The van der Waals surface area contributed by atoms with Crippen LogP contribution in [0.25, 0.3) is 0 Å². The fourth-order valence-electron chi connectivity index (χ4n) is 7.40. The number of benzene rings is 1. The second-order valence-corrected chi connectivity index (χ2v) is 13.9. The van der Waals surface area contributed by atoms with E-state index in [1.54, 1.807) is 29.2 Å². The van der Waals surface area contributed by atoms with Gasteiger partial charge in [0.15, 0.2) is 0 Å². The van der Waals surface area contributed by atoms with Crippen molar-refractivity contribution in [3.63, 3.8) is 0 Å². The summed E-state index contributed by atoms with van der Waals surface area (Å²) in [6.07, 6.45) is 2.99. The van der Waals surface area contributed by atoms with Crippen LogP contribution in [0.15, 0.2) is 55.6 Å². The number of carbonyl (C=O) groups is 4. The number of alkyl halides is 1. The lowest BCUT2D eigenvalue weighted by molar-refractivity contribution is -0.163. The smallest absolute Gasteiger partial charge is 0.313 e. The van der Waals surface area contributed by atoms with Crippen LogP contribution in [0.4, 0.5) is 0 Å². The number of likely N-dealkylation sites (tertiary alicyclic amines) is 1. The lowest BCUT2D eigenvalue weighted by Crippen LogP contribution is -2.60. The van der Waals surface area contributed by atoms with E-state index in [1.807, 2.05) is 39.0 Å². The maximum atomic E-state index is 14.5. The molecule has 1 spiro atoms. The summed E-state index contributed by atoms with van der Waals surface area (Å²) in [7, 11) is 1.50. The maximum absolute atomic E-state index is 14.5. The standard InChI is InChI=1S/C35H48BrN3O8/c1-7-10-16-26(41)37-25(20-45-6)29(22-14-12-11-13-15-22)46-34(44)27-28-32(42)39(23(9-3)19-40)31(33(43)38(17-8-2)21(4)5)35(28)18-24(36)30(27)47-35/h7-8,11-15,21,23-25,27-31,40H,1-2,9-10,16-20H2,3-6H3,(H,37,41)/t23-,24?,25-,27-,28+,29-,30-,31-,35+/m0/s1. The van der Waals surface area contributed by atoms with Crippen LogP contribution in [0.3, 0.4) is 0 Å². The van der Waals surface area contributed by atoms with Crippen LogP contribution >= 0.6 is 15.9 Å². The van der Waals surface area contributed by atoms with Crippen molar-refractivity contribution in [2.75, 3.05) is 26.9 Å². The minimum absolute atomic E-state index is 0.0536. The number of nitrogens with one attached hydrogen (secondary N) is 1. The summed E-state index contributed by atoms with van der Waals surface area (Å²) in [5.41, 5.74) is -0.683. The first kappa shape index (κ1) is 36.8. The Morgan fingerprint density at radius 1 is 1.23 bits per heavy atom. The van der Waals surface area contributed by atoms with Crippen molar-refractivity contribution < 1.29 is 38.5 Å². The molecule has 3 aliphatic heterocycles. The van der Waals surface area contributed by atoms with Crippen molar-refractivity contribution in [3.05, 3.63) is 61.2 Å². The van der Waals surface area contributed by atoms with Crippen LogP contribution in [0.1, 0.15) is 58.1 Å². The predicted molar refractivity (Wildman–Crippen MR) is 179 cm³/mol. The number of methoxy groups -OCH3 is 1. The van der Waals surface area contributed by atoms with Gasteiger partial charge in [0, 0.05) is 30.9 Å². The van der Waals surface area contributed by atoms with Gasteiger partial charge in [-0.15, -0.1) is 13.2 Å². The second-order valence-electron chi connectivity index (χ2n) is 12.8. The third kappa shape index (κ3) is 7.06. The summed E-state index contributed by atoms with van der Waals surface area (Å²) in [6, 6.07) is 6.39. The number of rotatable bonds is 17. The number of hydrogen-bond acceptors (Lipinski definition) is 8. The number of nitrogens with zero attached hydrogens (tertiary/aromatic N) is 2. The molecule has 3 fully saturated rings. The highest BCUT2D eigenvalue weighted by Gasteiger charge is 2.77. The van der Waals surface area contributed by atoms with Gasteiger partial charge < -0.3 is 34.4 Å². The number of ether oxygens (including phenoxy) is 3. The average molecular weight is 719 g/mol. The van der Waals surface area contributed by atoms with Gasteiger partial charge in [0.2, 0.25) is 17.7 Å². The molecule has 11 nitrogen and oxygen atoms in total. The molecule has 3 aliphatic rings. The van der Waals surface area contributed by atoms with E-state index in [4.69, 9.17) is 14.2 Å². The molecule has 3 saturated heterocycles. The SMILES string of the molecule is C=CCCC(=O)N[C@@H](COC)[C@@H](OC(=O)[C@@H]1[C@H]2O[C@@]3(CC2Br)[C@H](C(=O)N(CC=C)C(C)C)N([C@@H](CC)CO)C(=O)[C@@H]13)c1ccccc1. The maximum Gasteiger partial charge on any atom is 0.313 e. The van der Waals surface area contributed by atoms with Gasteiger partial charge >= 0.3 is 5.97 Å². The van der Waals surface area contributed by atoms with Crippen LogP contribution in [-0.4, -0.2) is 106 Å². The Labute approximate surface area is 285 Å². The lowest BCUT2D eigenvalue weighted by atomic mass is 9.70. The normalized spacial score (nSPS) is 28.0. The Morgan fingerprint density at radius 2 is 1.94 bits per heavy atom. The van der Waals surface area contributed by atoms with Crippen molar-refractivity contribution in [2.45, 2.75) is 93.3 Å². The zero-order valence-corrected chi connectivity index (χ0v) is 29.3. The average Bonchev–Trinajstić information content (AvgIpc) is 3.65. The van der Waals surface area contributed by atoms with E-state index in [1.165, 1.54) is 12.0 Å². The molecular formula is C35H48BrN3O8. The fourth-order valence-corrected chi connectivity index (χ4v) is 8.34. The summed E-state index contributed by atoms with van der Waals surface area (Å²) in [4.78, 5) is 58.9. The summed E-state index contributed by atoms with van der Waals surface area (Å²) >= 11 is 3.70. The highest BCUT2D eigenvalue weighted by atomic mass is 79.9. The molecule has 2 bridgehead atoms. The number of carbonyl (C=O) groups excluding carboxylic acids is 4. The highest BCUT2D eigenvalue weighted by molar-refractivity contribution is 9.09. The minimum atomic E-state index is -1.32. The molecule has 1 unspecified atom stereocenters. The minimum Gasteiger partial charge on any atom is -0.455 e. The molecule has 3 amide bonds. The molecule has 0 radical (unpaired) electrons. The Balaban J connectivity index is 1.75. The van der Waals surface area contributed by atoms with Gasteiger partial charge in [-0.1, -0.05) is 65.3 Å². The van der Waals surface area contributed by atoms with Gasteiger partial charge in [-0.3, -0.25) is 19.2 Å². The van der Waals surface area contributed by atoms with Gasteiger partial charge in [0.05, 0.1) is 43.2 Å². The number of amides is 3. The second kappa shape index (κ2) is 15.9. The van der Waals surface area contributed by atoms with Crippen LogP contribution in [0.2, 0.25) is 0 Å². The Hall–Kier alpha value is -3.06. The van der Waals surface area contributed by atoms with Gasteiger partial charge in [0.1, 0.15) is 17.7 Å². The highest BCUT2D eigenvalue weighted by Crippen LogP contribution is 2.61. The molecule has 0 saturated carbocycles. The molecule has 3 heterocycles. The van der Waals surface area contributed by atoms with E-state index in [0.29, 0.717) is 24.8 Å². The number of fused-ring (bicyclic) bond motifs is 1. The van der Waals surface area contributed by atoms with Crippen molar-refractivity contribution >= 4 is 39.6 Å². The summed E-state index contributed by atoms with van der Waals surface area (Å²) in [5.74, 6) is -3.72. The molecule has 0 aromatic heterocycles. The molecule has 47 heavy (non-hydrogen) atoms.